The maximum atomic E-state index is 12.3. The van der Waals surface area contributed by atoms with E-state index in [0.29, 0.717) is 22.3 Å². The zero-order valence-electron chi connectivity index (χ0n) is 13.2. The highest BCUT2D eigenvalue weighted by Crippen LogP contribution is 2.31. The molecule has 118 valence electrons. The van der Waals surface area contributed by atoms with E-state index in [-0.39, 0.29) is 12.4 Å². The van der Waals surface area contributed by atoms with E-state index in [1.807, 2.05) is 0 Å². The molecule has 0 aliphatic heterocycles. The molecule has 0 aliphatic rings. The third kappa shape index (κ3) is 3.39. The highest BCUT2D eigenvalue weighted by atomic mass is 16.6. The van der Waals surface area contributed by atoms with Crippen LogP contribution in [0.5, 0.6) is 5.75 Å². The van der Waals surface area contributed by atoms with Gasteiger partial charge in [-0.05, 0) is 39.0 Å². The maximum Gasteiger partial charge on any atom is 0.419 e. The van der Waals surface area contributed by atoms with Crippen molar-refractivity contribution in [3.63, 3.8) is 0 Å². The lowest BCUT2D eigenvalue weighted by Gasteiger charge is -2.19. The van der Waals surface area contributed by atoms with Gasteiger partial charge in [-0.25, -0.2) is 9.36 Å². The molecule has 2 N–H and O–H groups in total. The summed E-state index contributed by atoms with van der Waals surface area (Å²) in [5.41, 5.74) is 6.24. The molecule has 0 saturated heterocycles. The van der Waals surface area contributed by atoms with Crippen molar-refractivity contribution in [1.29, 1.82) is 0 Å². The molecule has 0 fully saturated rings. The normalized spacial score (nSPS) is 11.5. The fraction of sp³-hybridized carbons (Fsp3) is 0.375. The van der Waals surface area contributed by atoms with E-state index < -0.39 is 11.7 Å². The van der Waals surface area contributed by atoms with Crippen LogP contribution in [0.4, 0.5) is 10.5 Å². The quantitative estimate of drug-likeness (QED) is 0.679. The van der Waals surface area contributed by atoms with E-state index in [4.69, 9.17) is 15.2 Å². The summed E-state index contributed by atoms with van der Waals surface area (Å²) in [6, 6.07) is 5.03. The van der Waals surface area contributed by atoms with Crippen LogP contribution in [-0.2, 0) is 9.53 Å². The van der Waals surface area contributed by atoms with Crippen LogP contribution in [0, 0.1) is 0 Å². The monoisotopic (exact) mass is 304 g/mol. The number of benzene rings is 1. The van der Waals surface area contributed by atoms with Gasteiger partial charge in [-0.1, -0.05) is 6.92 Å². The summed E-state index contributed by atoms with van der Waals surface area (Å²) in [4.78, 5) is 23.8. The second kappa shape index (κ2) is 5.71. The van der Waals surface area contributed by atoms with E-state index in [1.165, 1.54) is 10.8 Å². The van der Waals surface area contributed by atoms with Crippen LogP contribution in [0.2, 0.25) is 0 Å². The summed E-state index contributed by atoms with van der Waals surface area (Å²) in [6.07, 6.45) is 1.15. The summed E-state index contributed by atoms with van der Waals surface area (Å²) in [5, 5.41) is 0.590. The number of anilines is 1. The average molecular weight is 304 g/mol. The summed E-state index contributed by atoms with van der Waals surface area (Å²) >= 11 is 0. The van der Waals surface area contributed by atoms with Crippen LogP contribution in [0.3, 0.4) is 0 Å². The van der Waals surface area contributed by atoms with E-state index in [9.17, 15) is 9.59 Å². The van der Waals surface area contributed by atoms with Crippen LogP contribution in [-0.4, -0.2) is 22.2 Å². The fourth-order valence-electron chi connectivity index (χ4n) is 1.96. The number of esters is 1. The van der Waals surface area contributed by atoms with Gasteiger partial charge in [-0.3, -0.25) is 4.79 Å². The van der Waals surface area contributed by atoms with Gasteiger partial charge in [0.15, 0.2) is 5.75 Å². The third-order valence-corrected chi connectivity index (χ3v) is 2.89. The molecule has 0 unspecified atom stereocenters. The second-order valence-electron chi connectivity index (χ2n) is 5.95. The van der Waals surface area contributed by atoms with Crippen LogP contribution in [0.1, 0.15) is 34.1 Å². The van der Waals surface area contributed by atoms with E-state index in [2.05, 4.69) is 0 Å². The van der Waals surface area contributed by atoms with Gasteiger partial charge >= 0.3 is 12.1 Å². The molecule has 2 aromatic rings. The van der Waals surface area contributed by atoms with Crippen LogP contribution < -0.4 is 10.5 Å². The minimum Gasteiger partial charge on any atom is -0.443 e. The molecular formula is C16H20N2O4. The molecule has 6 nitrogen and oxygen atoms in total. The predicted octanol–water partition coefficient (Wildman–Crippen LogP) is 3.32. The molecule has 1 aromatic heterocycles. The number of rotatable bonds is 2. The molecule has 1 aromatic carbocycles. The standard InChI is InChI=1S/C16H20N2O4/c1-5-14(19)21-13-9-18(15(20)22-16(2,3)4)12-7-6-10(17)8-11(12)13/h6-9H,5,17H2,1-4H3. The molecule has 2 rings (SSSR count). The van der Waals surface area contributed by atoms with Crippen molar-refractivity contribution >= 4 is 28.7 Å². The molecule has 0 saturated carbocycles. The Morgan fingerprint density at radius 1 is 1.27 bits per heavy atom. The van der Waals surface area contributed by atoms with Crippen molar-refractivity contribution in [2.24, 2.45) is 0 Å². The molecule has 0 radical (unpaired) electrons. The Labute approximate surface area is 128 Å². The second-order valence-corrected chi connectivity index (χ2v) is 5.95. The Kier molecular flexibility index (Phi) is 4.12. The Hall–Kier alpha value is -2.50. The number of fused-ring (bicyclic) bond motifs is 1. The first-order chi connectivity index (χ1) is 10.2. The Morgan fingerprint density at radius 3 is 2.55 bits per heavy atom. The van der Waals surface area contributed by atoms with Crippen molar-refractivity contribution < 1.29 is 19.1 Å². The predicted molar refractivity (Wildman–Crippen MR) is 83.9 cm³/mol. The van der Waals surface area contributed by atoms with Gasteiger partial charge in [0.25, 0.3) is 0 Å². The summed E-state index contributed by atoms with van der Waals surface area (Å²) in [6.45, 7) is 7.05. The first kappa shape index (κ1) is 15.9. The minimum atomic E-state index is -0.623. The highest BCUT2D eigenvalue weighted by molar-refractivity contribution is 5.96. The van der Waals surface area contributed by atoms with Gasteiger partial charge in [-0.2, -0.15) is 0 Å². The fourth-order valence-corrected chi connectivity index (χ4v) is 1.96. The molecule has 1 heterocycles. The lowest BCUT2D eigenvalue weighted by molar-refractivity contribution is -0.133. The van der Waals surface area contributed by atoms with Gasteiger partial charge in [-0.15, -0.1) is 0 Å². The molecule has 0 amide bonds. The molecule has 0 spiro atoms. The topological polar surface area (TPSA) is 83.5 Å². The number of nitrogen functional groups attached to an aromatic ring is 1. The number of carbonyl (C=O) groups excluding carboxylic acids is 2. The van der Waals surface area contributed by atoms with Gasteiger partial charge in [0, 0.05) is 17.5 Å². The lowest BCUT2D eigenvalue weighted by atomic mass is 10.2. The number of aromatic nitrogens is 1. The van der Waals surface area contributed by atoms with Crippen molar-refractivity contribution in [2.45, 2.75) is 39.7 Å². The third-order valence-electron chi connectivity index (χ3n) is 2.89. The van der Waals surface area contributed by atoms with Crippen LogP contribution in [0.25, 0.3) is 10.9 Å². The van der Waals surface area contributed by atoms with E-state index in [1.54, 1.807) is 45.9 Å². The van der Waals surface area contributed by atoms with Gasteiger partial charge < -0.3 is 15.2 Å². The number of carbonyl (C=O) groups is 2. The molecule has 6 heteroatoms. The number of nitrogens with two attached hydrogens (primary N) is 1. The number of hydrogen-bond acceptors (Lipinski definition) is 5. The highest BCUT2D eigenvalue weighted by Gasteiger charge is 2.22. The first-order valence-electron chi connectivity index (χ1n) is 7.06. The first-order valence-corrected chi connectivity index (χ1v) is 7.06. The lowest BCUT2D eigenvalue weighted by Crippen LogP contribution is -2.26. The Balaban J connectivity index is 2.51. The van der Waals surface area contributed by atoms with E-state index in [0.717, 1.165) is 0 Å². The molecule has 22 heavy (non-hydrogen) atoms. The summed E-state index contributed by atoms with van der Waals surface area (Å²) < 4.78 is 11.9. The van der Waals surface area contributed by atoms with Crippen LogP contribution >= 0.6 is 0 Å². The van der Waals surface area contributed by atoms with Crippen molar-refractivity contribution in [1.82, 2.24) is 4.57 Å². The molecule has 0 bridgehead atoms. The van der Waals surface area contributed by atoms with Gasteiger partial charge in [0.1, 0.15) is 5.60 Å². The van der Waals surface area contributed by atoms with Crippen LogP contribution in [0.15, 0.2) is 24.4 Å². The van der Waals surface area contributed by atoms with Gasteiger partial charge in [0.2, 0.25) is 0 Å². The smallest absolute Gasteiger partial charge is 0.419 e. The minimum absolute atomic E-state index is 0.238. The van der Waals surface area contributed by atoms with Crippen molar-refractivity contribution in [3.05, 3.63) is 24.4 Å². The average Bonchev–Trinajstić information content (AvgIpc) is 2.75. The maximum absolute atomic E-state index is 12.3. The molecule has 0 atom stereocenters. The van der Waals surface area contributed by atoms with Gasteiger partial charge in [0.05, 0.1) is 11.7 Å². The van der Waals surface area contributed by atoms with Crippen molar-refractivity contribution in [3.8, 4) is 5.75 Å². The van der Waals surface area contributed by atoms with Crippen molar-refractivity contribution in [2.75, 3.05) is 5.73 Å². The summed E-state index contributed by atoms with van der Waals surface area (Å²) in [7, 11) is 0. The number of nitrogens with zero attached hydrogens (tertiary/aromatic N) is 1. The zero-order chi connectivity index (χ0) is 16.5. The summed E-state index contributed by atoms with van der Waals surface area (Å²) in [5.74, 6) is -0.0920. The Bertz CT molecular complexity index is 726. The Morgan fingerprint density at radius 2 is 1.95 bits per heavy atom. The SMILES string of the molecule is CCC(=O)Oc1cn(C(=O)OC(C)(C)C)c2ccc(N)cc12. The largest absolute Gasteiger partial charge is 0.443 e. The van der Waals surface area contributed by atoms with E-state index >= 15 is 0 Å². The molecule has 0 aliphatic carbocycles. The number of ether oxygens (including phenoxy) is 2. The molecular weight excluding hydrogens is 284 g/mol. The zero-order valence-corrected chi connectivity index (χ0v) is 13.2. The number of hydrogen-bond donors (Lipinski definition) is 1.